The number of hydrogen-bond acceptors (Lipinski definition) is 5. The van der Waals surface area contributed by atoms with Gasteiger partial charge in [-0.2, -0.15) is 13.1 Å². The van der Waals surface area contributed by atoms with Crippen LogP contribution < -0.4 is 9.44 Å². The van der Waals surface area contributed by atoms with Crippen LogP contribution in [0.15, 0.2) is 0 Å². The number of rotatable bonds is 6. The third kappa shape index (κ3) is 6.26. The number of carbonyl (C=O) groups excluding carboxylic acids is 1. The molecule has 0 rings (SSSR count). The van der Waals surface area contributed by atoms with Crippen molar-refractivity contribution in [3.8, 4) is 0 Å². The third-order valence-corrected chi connectivity index (χ3v) is 2.61. The second-order valence-electron chi connectivity index (χ2n) is 2.73. The molecule has 90 valence electrons. The number of aliphatic hydroxyl groups is 1. The van der Waals surface area contributed by atoms with Crippen LogP contribution >= 0.6 is 0 Å². The Labute approximate surface area is 89.0 Å². The molecule has 0 unspecified atom stereocenters. The fraction of sp³-hybridized carbons (Fsp3) is 0.857. The van der Waals surface area contributed by atoms with E-state index in [9.17, 15) is 13.2 Å². The Bertz CT molecular complexity index is 286. The Morgan fingerprint density at radius 1 is 1.47 bits per heavy atom. The average Bonchev–Trinajstić information content (AvgIpc) is 2.13. The highest BCUT2D eigenvalue weighted by Gasteiger charge is 2.18. The molecule has 1 atom stereocenters. The smallest absolute Gasteiger partial charge is 0.421 e. The van der Waals surface area contributed by atoms with Crippen LogP contribution in [0.2, 0.25) is 0 Å². The zero-order valence-corrected chi connectivity index (χ0v) is 9.50. The fourth-order valence-electron chi connectivity index (χ4n) is 0.769. The molecule has 0 bridgehead atoms. The van der Waals surface area contributed by atoms with Gasteiger partial charge in [-0.15, -0.1) is 0 Å². The van der Waals surface area contributed by atoms with E-state index in [0.717, 1.165) is 0 Å². The quantitative estimate of drug-likeness (QED) is 0.571. The van der Waals surface area contributed by atoms with Gasteiger partial charge in [-0.25, -0.2) is 9.52 Å². The van der Waals surface area contributed by atoms with Crippen molar-refractivity contribution in [2.45, 2.75) is 26.3 Å². The Morgan fingerprint density at radius 2 is 2.07 bits per heavy atom. The largest absolute Gasteiger partial charge is 0.449 e. The van der Waals surface area contributed by atoms with Crippen LogP contribution in [0, 0.1) is 0 Å². The molecular weight excluding hydrogens is 224 g/mol. The molecule has 0 aromatic heterocycles. The van der Waals surface area contributed by atoms with Gasteiger partial charge in [0, 0.05) is 6.04 Å². The Hall–Kier alpha value is -0.860. The van der Waals surface area contributed by atoms with Crippen LogP contribution in [0.5, 0.6) is 0 Å². The van der Waals surface area contributed by atoms with Gasteiger partial charge in [-0.3, -0.25) is 0 Å². The first-order chi connectivity index (χ1) is 6.95. The van der Waals surface area contributed by atoms with Gasteiger partial charge in [0.25, 0.3) is 0 Å². The standard InChI is InChI=1S/C7H16N2O5S/c1-3-6(5-10)8-15(12,13)9-7(11)14-4-2/h6,8,10H,3-5H2,1-2H3,(H,9,11)/t6-/m1/s1. The number of hydrogen-bond donors (Lipinski definition) is 3. The van der Waals surface area contributed by atoms with Gasteiger partial charge in [0.1, 0.15) is 0 Å². The molecule has 0 aromatic carbocycles. The molecule has 0 spiro atoms. The SMILES string of the molecule is CCOC(=O)NS(=O)(=O)N[C@H](CC)CO. The van der Waals surface area contributed by atoms with E-state index in [2.05, 4.69) is 9.46 Å². The second kappa shape index (κ2) is 6.59. The van der Waals surface area contributed by atoms with E-state index in [1.165, 1.54) is 0 Å². The fourth-order valence-corrected chi connectivity index (χ4v) is 1.79. The van der Waals surface area contributed by atoms with Crippen molar-refractivity contribution < 1.29 is 23.1 Å². The molecule has 15 heavy (non-hydrogen) atoms. The number of ether oxygens (including phenoxy) is 1. The molecule has 7 nitrogen and oxygen atoms in total. The lowest BCUT2D eigenvalue weighted by Crippen LogP contribution is -2.46. The Balaban J connectivity index is 4.24. The van der Waals surface area contributed by atoms with E-state index in [1.807, 2.05) is 0 Å². The lowest BCUT2D eigenvalue weighted by molar-refractivity contribution is 0.158. The summed E-state index contributed by atoms with van der Waals surface area (Å²) >= 11 is 0. The molecule has 0 aromatic rings. The number of amides is 1. The first-order valence-electron chi connectivity index (χ1n) is 4.52. The van der Waals surface area contributed by atoms with Crippen LogP contribution in [0.4, 0.5) is 4.79 Å². The van der Waals surface area contributed by atoms with Crippen LogP contribution in [0.25, 0.3) is 0 Å². The van der Waals surface area contributed by atoms with Crippen LogP contribution in [0.1, 0.15) is 20.3 Å². The molecular formula is C7H16N2O5S. The number of nitrogens with one attached hydrogen (secondary N) is 2. The van der Waals surface area contributed by atoms with E-state index < -0.39 is 22.3 Å². The highest BCUT2D eigenvalue weighted by molar-refractivity contribution is 7.88. The van der Waals surface area contributed by atoms with Crippen molar-refractivity contribution in [1.29, 1.82) is 0 Å². The van der Waals surface area contributed by atoms with Crippen molar-refractivity contribution in [1.82, 2.24) is 9.44 Å². The van der Waals surface area contributed by atoms with Gasteiger partial charge in [0.2, 0.25) is 0 Å². The topological polar surface area (TPSA) is 105 Å². The highest BCUT2D eigenvalue weighted by atomic mass is 32.2. The lowest BCUT2D eigenvalue weighted by atomic mass is 10.3. The van der Waals surface area contributed by atoms with Crippen molar-refractivity contribution in [3.05, 3.63) is 0 Å². The normalized spacial score (nSPS) is 13.3. The van der Waals surface area contributed by atoms with E-state index in [0.29, 0.717) is 6.42 Å². The highest BCUT2D eigenvalue weighted by Crippen LogP contribution is 1.92. The zero-order valence-electron chi connectivity index (χ0n) is 8.69. The molecule has 0 radical (unpaired) electrons. The minimum atomic E-state index is -3.96. The van der Waals surface area contributed by atoms with E-state index in [1.54, 1.807) is 18.6 Å². The van der Waals surface area contributed by atoms with Gasteiger partial charge in [-0.1, -0.05) is 6.92 Å². The molecule has 0 aliphatic heterocycles. The van der Waals surface area contributed by atoms with Crippen LogP contribution in [-0.2, 0) is 14.9 Å². The van der Waals surface area contributed by atoms with E-state index in [-0.39, 0.29) is 13.2 Å². The van der Waals surface area contributed by atoms with Gasteiger partial charge >= 0.3 is 16.3 Å². The predicted molar refractivity (Wildman–Crippen MR) is 53.4 cm³/mol. The van der Waals surface area contributed by atoms with Gasteiger partial charge in [0.15, 0.2) is 0 Å². The zero-order chi connectivity index (χ0) is 11.9. The first-order valence-corrected chi connectivity index (χ1v) is 6.01. The van der Waals surface area contributed by atoms with E-state index in [4.69, 9.17) is 5.11 Å². The van der Waals surface area contributed by atoms with Gasteiger partial charge in [-0.05, 0) is 13.3 Å². The van der Waals surface area contributed by atoms with Crippen LogP contribution in [-0.4, -0.2) is 38.9 Å². The van der Waals surface area contributed by atoms with Gasteiger partial charge in [0.05, 0.1) is 13.2 Å². The first kappa shape index (κ1) is 14.1. The predicted octanol–water partition coefficient (Wildman–Crippen LogP) is -0.662. The van der Waals surface area contributed by atoms with Crippen molar-refractivity contribution in [3.63, 3.8) is 0 Å². The second-order valence-corrected chi connectivity index (χ2v) is 4.18. The van der Waals surface area contributed by atoms with Crippen molar-refractivity contribution in [2.75, 3.05) is 13.2 Å². The summed E-state index contributed by atoms with van der Waals surface area (Å²) in [6.07, 6.45) is -0.627. The molecule has 8 heteroatoms. The van der Waals surface area contributed by atoms with Crippen molar-refractivity contribution in [2.24, 2.45) is 0 Å². The molecule has 0 fully saturated rings. The molecule has 3 N–H and O–H groups in total. The maximum Gasteiger partial charge on any atom is 0.421 e. The summed E-state index contributed by atoms with van der Waals surface area (Å²) < 4.78 is 30.6. The summed E-state index contributed by atoms with van der Waals surface area (Å²) in [5, 5.41) is 8.76. The summed E-state index contributed by atoms with van der Waals surface area (Å²) in [4.78, 5) is 10.8. The molecule has 1 amide bonds. The maximum atomic E-state index is 11.2. The number of carbonyl (C=O) groups is 1. The monoisotopic (exact) mass is 240 g/mol. The average molecular weight is 240 g/mol. The molecule has 0 heterocycles. The third-order valence-electron chi connectivity index (χ3n) is 1.53. The lowest BCUT2D eigenvalue weighted by Gasteiger charge is -2.14. The minimum Gasteiger partial charge on any atom is -0.449 e. The summed E-state index contributed by atoms with van der Waals surface area (Å²) in [6.45, 7) is 3.01. The summed E-state index contributed by atoms with van der Waals surface area (Å²) in [5.74, 6) is 0. The number of aliphatic hydroxyl groups excluding tert-OH is 1. The maximum absolute atomic E-state index is 11.2. The summed E-state index contributed by atoms with van der Waals surface area (Å²) in [5.41, 5.74) is 0. The molecule has 0 saturated carbocycles. The van der Waals surface area contributed by atoms with Gasteiger partial charge < -0.3 is 9.84 Å². The Kier molecular flexibility index (Phi) is 6.21. The molecule has 0 aliphatic carbocycles. The molecule has 0 saturated heterocycles. The Morgan fingerprint density at radius 3 is 2.47 bits per heavy atom. The van der Waals surface area contributed by atoms with Crippen LogP contribution in [0.3, 0.4) is 0 Å². The summed E-state index contributed by atoms with van der Waals surface area (Å²) in [6, 6.07) is -0.614. The minimum absolute atomic E-state index is 0.0819. The summed E-state index contributed by atoms with van der Waals surface area (Å²) in [7, 11) is -3.96. The van der Waals surface area contributed by atoms with Crippen molar-refractivity contribution >= 4 is 16.3 Å². The van der Waals surface area contributed by atoms with E-state index >= 15 is 0 Å². The molecule has 0 aliphatic rings.